The van der Waals surface area contributed by atoms with E-state index in [0.717, 1.165) is 6.42 Å². The normalized spacial score (nSPS) is 12.6. The van der Waals surface area contributed by atoms with Crippen molar-refractivity contribution >= 4 is 16.5 Å². The summed E-state index contributed by atoms with van der Waals surface area (Å²) >= 11 is 0. The van der Waals surface area contributed by atoms with Crippen LogP contribution in [0.15, 0.2) is 29.2 Å². The Bertz CT molecular complexity index is 704. The summed E-state index contributed by atoms with van der Waals surface area (Å²) in [5, 5.41) is 11.9. The summed E-state index contributed by atoms with van der Waals surface area (Å²) in [6, 6.07) is 5.03. The summed E-state index contributed by atoms with van der Waals surface area (Å²) in [5.41, 5.74) is 0.416. The third-order valence-corrected chi connectivity index (χ3v) is 3.53. The molecule has 0 aliphatic rings. The zero-order valence-electron chi connectivity index (χ0n) is 11.2. The lowest BCUT2D eigenvalue weighted by atomic mass is 10.1. The van der Waals surface area contributed by atoms with E-state index in [1.54, 1.807) is 35.9 Å². The molecule has 0 saturated carbocycles. The van der Waals surface area contributed by atoms with Crippen LogP contribution in [0.25, 0.3) is 10.8 Å². The zero-order valence-corrected chi connectivity index (χ0v) is 11.2. The maximum absolute atomic E-state index is 12.4. The van der Waals surface area contributed by atoms with Crippen molar-refractivity contribution in [1.29, 1.82) is 0 Å². The molecule has 1 atom stereocenters. The number of nitro groups is 1. The summed E-state index contributed by atoms with van der Waals surface area (Å²) in [5.74, 6) is 0. The van der Waals surface area contributed by atoms with Gasteiger partial charge in [-0.05, 0) is 32.4 Å². The molecule has 1 heterocycles. The molecular weight excluding hydrogens is 244 g/mol. The molecule has 0 fully saturated rings. The van der Waals surface area contributed by atoms with Crippen LogP contribution in [0.1, 0.15) is 31.9 Å². The minimum Gasteiger partial charge on any atom is -0.312 e. The first-order valence-corrected chi connectivity index (χ1v) is 6.26. The third-order valence-electron chi connectivity index (χ3n) is 3.53. The molecule has 2 aromatic rings. The van der Waals surface area contributed by atoms with Crippen LogP contribution in [-0.2, 0) is 0 Å². The Labute approximate surface area is 110 Å². The molecule has 0 saturated heterocycles. The van der Waals surface area contributed by atoms with Crippen molar-refractivity contribution in [3.05, 3.63) is 50.4 Å². The lowest BCUT2D eigenvalue weighted by Gasteiger charge is -2.13. The highest BCUT2D eigenvalue weighted by Crippen LogP contribution is 2.27. The topological polar surface area (TPSA) is 65.1 Å². The number of nitro benzene ring substituents is 1. The fraction of sp³-hybridized carbons (Fsp3) is 0.357. The second-order valence-corrected chi connectivity index (χ2v) is 4.73. The molecule has 0 spiro atoms. The number of aryl methyl sites for hydroxylation is 1. The van der Waals surface area contributed by atoms with E-state index in [2.05, 4.69) is 0 Å². The van der Waals surface area contributed by atoms with Crippen molar-refractivity contribution in [3.8, 4) is 0 Å². The second-order valence-electron chi connectivity index (χ2n) is 4.73. The predicted octanol–water partition coefficient (Wildman–Crippen LogP) is 3.19. The fourth-order valence-electron chi connectivity index (χ4n) is 2.22. The first-order valence-electron chi connectivity index (χ1n) is 6.26. The molecule has 19 heavy (non-hydrogen) atoms. The van der Waals surface area contributed by atoms with E-state index in [9.17, 15) is 14.9 Å². The van der Waals surface area contributed by atoms with Crippen molar-refractivity contribution in [1.82, 2.24) is 4.57 Å². The Kier molecular flexibility index (Phi) is 3.38. The summed E-state index contributed by atoms with van der Waals surface area (Å²) in [6.45, 7) is 5.63. The Morgan fingerprint density at radius 1 is 1.32 bits per heavy atom. The van der Waals surface area contributed by atoms with Crippen molar-refractivity contribution in [3.63, 3.8) is 0 Å². The predicted molar refractivity (Wildman–Crippen MR) is 74.6 cm³/mol. The van der Waals surface area contributed by atoms with Crippen molar-refractivity contribution < 1.29 is 4.92 Å². The van der Waals surface area contributed by atoms with Gasteiger partial charge in [0.2, 0.25) is 0 Å². The van der Waals surface area contributed by atoms with Gasteiger partial charge in [-0.1, -0.05) is 13.0 Å². The number of benzene rings is 1. The molecule has 0 amide bonds. The SMILES string of the molecule is CC[C@@H](C)n1ccc2c([N+](=O)[O-])c(C)ccc2c1=O. The lowest BCUT2D eigenvalue weighted by molar-refractivity contribution is -0.383. The van der Waals surface area contributed by atoms with Gasteiger partial charge in [-0.3, -0.25) is 14.9 Å². The molecule has 0 aliphatic carbocycles. The van der Waals surface area contributed by atoms with E-state index in [4.69, 9.17) is 0 Å². The molecule has 0 unspecified atom stereocenters. The van der Waals surface area contributed by atoms with Gasteiger partial charge in [-0.2, -0.15) is 0 Å². The molecule has 1 aromatic heterocycles. The quantitative estimate of drug-likeness (QED) is 0.628. The summed E-state index contributed by atoms with van der Waals surface area (Å²) in [6.07, 6.45) is 2.48. The van der Waals surface area contributed by atoms with E-state index in [0.29, 0.717) is 16.3 Å². The summed E-state index contributed by atoms with van der Waals surface area (Å²) in [4.78, 5) is 23.0. The van der Waals surface area contributed by atoms with Crippen LogP contribution in [0.5, 0.6) is 0 Å². The Morgan fingerprint density at radius 2 is 2.00 bits per heavy atom. The standard InChI is InChI=1S/C14H16N2O3/c1-4-10(3)15-8-7-11-12(14(15)17)6-5-9(2)13(11)16(18)19/h5-8,10H,4H2,1-3H3/t10-/m1/s1. The van der Waals surface area contributed by atoms with Crippen molar-refractivity contribution in [2.45, 2.75) is 33.2 Å². The van der Waals surface area contributed by atoms with Gasteiger partial charge in [-0.15, -0.1) is 0 Å². The Morgan fingerprint density at radius 3 is 2.58 bits per heavy atom. The van der Waals surface area contributed by atoms with Gasteiger partial charge in [0.05, 0.1) is 15.7 Å². The van der Waals surface area contributed by atoms with E-state index >= 15 is 0 Å². The van der Waals surface area contributed by atoms with Gasteiger partial charge >= 0.3 is 0 Å². The molecule has 0 N–H and O–H groups in total. The number of rotatable bonds is 3. The number of hydrogen-bond donors (Lipinski definition) is 0. The van der Waals surface area contributed by atoms with Gasteiger partial charge < -0.3 is 4.57 Å². The monoisotopic (exact) mass is 260 g/mol. The third kappa shape index (κ3) is 2.12. The first-order chi connectivity index (χ1) is 8.97. The number of pyridine rings is 1. The van der Waals surface area contributed by atoms with Gasteiger partial charge in [0.1, 0.15) is 0 Å². The molecule has 1 aromatic carbocycles. The summed E-state index contributed by atoms with van der Waals surface area (Å²) < 4.78 is 1.63. The van der Waals surface area contributed by atoms with Crippen LogP contribution in [0.2, 0.25) is 0 Å². The zero-order chi connectivity index (χ0) is 14.2. The van der Waals surface area contributed by atoms with Gasteiger partial charge in [0, 0.05) is 17.8 Å². The van der Waals surface area contributed by atoms with Gasteiger partial charge in [0.25, 0.3) is 11.2 Å². The maximum Gasteiger partial charge on any atom is 0.280 e. The van der Waals surface area contributed by atoms with Crippen LogP contribution < -0.4 is 5.56 Å². The number of aromatic nitrogens is 1. The van der Waals surface area contributed by atoms with Crippen LogP contribution in [0.4, 0.5) is 5.69 Å². The van der Waals surface area contributed by atoms with Crippen LogP contribution >= 0.6 is 0 Å². The number of fused-ring (bicyclic) bond motifs is 1. The molecule has 2 rings (SSSR count). The average molecular weight is 260 g/mol. The van der Waals surface area contributed by atoms with Crippen LogP contribution in [0, 0.1) is 17.0 Å². The van der Waals surface area contributed by atoms with Crippen LogP contribution in [0.3, 0.4) is 0 Å². The summed E-state index contributed by atoms with van der Waals surface area (Å²) in [7, 11) is 0. The van der Waals surface area contributed by atoms with E-state index < -0.39 is 4.92 Å². The molecular formula is C14H16N2O3. The lowest BCUT2D eigenvalue weighted by Crippen LogP contribution is -2.22. The smallest absolute Gasteiger partial charge is 0.280 e. The highest BCUT2D eigenvalue weighted by atomic mass is 16.6. The highest BCUT2D eigenvalue weighted by Gasteiger charge is 2.18. The minimum absolute atomic E-state index is 0.0194. The molecule has 100 valence electrons. The van der Waals surface area contributed by atoms with Crippen molar-refractivity contribution in [2.24, 2.45) is 0 Å². The largest absolute Gasteiger partial charge is 0.312 e. The molecule has 0 radical (unpaired) electrons. The minimum atomic E-state index is -0.426. The number of hydrogen-bond acceptors (Lipinski definition) is 3. The Hall–Kier alpha value is -2.17. The van der Waals surface area contributed by atoms with Crippen molar-refractivity contribution in [2.75, 3.05) is 0 Å². The Balaban J connectivity index is 2.83. The second kappa shape index (κ2) is 4.84. The fourth-order valence-corrected chi connectivity index (χ4v) is 2.22. The molecule has 5 nitrogen and oxygen atoms in total. The van der Waals surface area contributed by atoms with E-state index in [1.807, 2.05) is 13.8 Å². The van der Waals surface area contributed by atoms with E-state index in [-0.39, 0.29) is 17.3 Å². The highest BCUT2D eigenvalue weighted by molar-refractivity contribution is 5.91. The van der Waals surface area contributed by atoms with E-state index in [1.165, 1.54) is 0 Å². The van der Waals surface area contributed by atoms with Crippen LogP contribution in [-0.4, -0.2) is 9.49 Å². The molecule has 0 aliphatic heterocycles. The number of nitrogens with zero attached hydrogens (tertiary/aromatic N) is 2. The van der Waals surface area contributed by atoms with Gasteiger partial charge in [-0.25, -0.2) is 0 Å². The maximum atomic E-state index is 12.4. The molecule has 0 bridgehead atoms. The van der Waals surface area contributed by atoms with Gasteiger partial charge in [0.15, 0.2) is 0 Å². The molecule has 5 heteroatoms. The first kappa shape index (κ1) is 13.3. The average Bonchev–Trinajstić information content (AvgIpc) is 2.37.